The Morgan fingerprint density at radius 3 is 2.38 bits per heavy atom. The van der Waals surface area contributed by atoms with Gasteiger partial charge in [-0.25, -0.2) is 0 Å². The van der Waals surface area contributed by atoms with Crippen molar-refractivity contribution in [2.45, 2.75) is 12.7 Å². The summed E-state index contributed by atoms with van der Waals surface area (Å²) in [6, 6.07) is 20.0. The molecule has 162 valence electrons. The Kier molecular flexibility index (Phi) is 5.88. The number of pyridine rings is 1. The number of benzene rings is 3. The number of amides is 1. The number of rotatable bonds is 4. The molecule has 0 aliphatic rings. The highest BCUT2D eigenvalue weighted by Gasteiger charge is 2.31. The third-order valence-electron chi connectivity index (χ3n) is 4.97. The molecule has 3 aromatic carbocycles. The van der Waals surface area contributed by atoms with Gasteiger partial charge in [-0.3, -0.25) is 9.59 Å². The van der Waals surface area contributed by atoms with E-state index in [-0.39, 0.29) is 17.8 Å². The van der Waals surface area contributed by atoms with E-state index >= 15 is 0 Å². The average Bonchev–Trinajstić information content (AvgIpc) is 2.77. The fourth-order valence-electron chi connectivity index (χ4n) is 3.35. The zero-order valence-electron chi connectivity index (χ0n) is 16.5. The van der Waals surface area contributed by atoms with E-state index in [0.717, 1.165) is 16.6 Å². The van der Waals surface area contributed by atoms with E-state index in [4.69, 9.17) is 0 Å². The van der Waals surface area contributed by atoms with Gasteiger partial charge >= 0.3 is 6.18 Å². The van der Waals surface area contributed by atoms with Crippen LogP contribution in [0.25, 0.3) is 10.9 Å². The fraction of sp³-hybridized carbons (Fsp3) is 0.0833. The summed E-state index contributed by atoms with van der Waals surface area (Å²) in [6.45, 7) is -0.0142. The van der Waals surface area contributed by atoms with E-state index < -0.39 is 23.2 Å². The summed E-state index contributed by atoms with van der Waals surface area (Å²) in [5.41, 5.74) is -0.347. The molecular weight excluding hydrogens is 485 g/mol. The van der Waals surface area contributed by atoms with E-state index in [1.165, 1.54) is 23.1 Å². The predicted molar refractivity (Wildman–Crippen MR) is 121 cm³/mol. The molecule has 0 aliphatic carbocycles. The molecule has 4 aromatic rings. The van der Waals surface area contributed by atoms with Gasteiger partial charge in [0, 0.05) is 15.7 Å². The first-order chi connectivity index (χ1) is 15.2. The third-order valence-corrected chi connectivity index (χ3v) is 5.50. The van der Waals surface area contributed by atoms with Crippen molar-refractivity contribution in [3.8, 4) is 0 Å². The van der Waals surface area contributed by atoms with Gasteiger partial charge in [-0.15, -0.1) is 0 Å². The second-order valence-corrected chi connectivity index (χ2v) is 8.08. The molecule has 0 atom stereocenters. The number of hydrogen-bond donors (Lipinski definition) is 1. The van der Waals surface area contributed by atoms with Crippen LogP contribution in [0.2, 0.25) is 0 Å². The van der Waals surface area contributed by atoms with Crippen LogP contribution in [0.1, 0.15) is 21.5 Å². The number of H-pyrrole nitrogens is 1. The van der Waals surface area contributed by atoms with Gasteiger partial charge in [-0.05, 0) is 53.4 Å². The van der Waals surface area contributed by atoms with Crippen LogP contribution in [0, 0.1) is 0 Å². The number of carbonyl (C=O) groups is 1. The van der Waals surface area contributed by atoms with E-state index in [2.05, 4.69) is 20.9 Å². The van der Waals surface area contributed by atoms with Gasteiger partial charge in [0.15, 0.2) is 0 Å². The highest BCUT2D eigenvalue weighted by Crippen LogP contribution is 2.32. The van der Waals surface area contributed by atoms with Crippen LogP contribution in [0.4, 0.5) is 18.9 Å². The van der Waals surface area contributed by atoms with Crippen molar-refractivity contribution < 1.29 is 18.0 Å². The fourth-order valence-corrected chi connectivity index (χ4v) is 3.62. The Morgan fingerprint density at radius 1 is 0.938 bits per heavy atom. The Morgan fingerprint density at radius 2 is 1.66 bits per heavy atom. The van der Waals surface area contributed by atoms with E-state index in [1.807, 2.05) is 0 Å². The summed E-state index contributed by atoms with van der Waals surface area (Å²) in [5.74, 6) is -0.695. The van der Waals surface area contributed by atoms with Crippen LogP contribution in [0.3, 0.4) is 0 Å². The maximum Gasteiger partial charge on any atom is 0.416 e. The first kappa shape index (κ1) is 21.8. The summed E-state index contributed by atoms with van der Waals surface area (Å²) in [4.78, 5) is 29.9. The van der Waals surface area contributed by atoms with E-state index in [0.29, 0.717) is 16.5 Å². The standard InChI is InChI=1S/C24H16BrF3N2O2/c25-18-10-8-15(9-11-18)14-30(19-6-3-5-17(13-19)24(26,27)28)23(32)20-12-16-4-1-2-7-21(16)29-22(20)31/h1-13H,14H2,(H,29,31). The minimum atomic E-state index is -4.57. The summed E-state index contributed by atoms with van der Waals surface area (Å²) in [7, 11) is 0. The predicted octanol–water partition coefficient (Wildman–Crippen LogP) is 6.16. The maximum absolute atomic E-state index is 13.5. The second-order valence-electron chi connectivity index (χ2n) is 7.17. The SMILES string of the molecule is O=C(c1cc2ccccc2[nH]c1=O)N(Cc1ccc(Br)cc1)c1cccc(C(F)(F)F)c1. The summed E-state index contributed by atoms with van der Waals surface area (Å²) in [5, 5.41) is 0.642. The molecule has 4 nitrogen and oxygen atoms in total. The third kappa shape index (κ3) is 4.60. The molecule has 0 aliphatic heterocycles. The van der Waals surface area contributed by atoms with Crippen LogP contribution in [0.5, 0.6) is 0 Å². The molecule has 1 N–H and O–H groups in total. The normalized spacial score (nSPS) is 11.5. The van der Waals surface area contributed by atoms with Gasteiger partial charge in [-0.2, -0.15) is 13.2 Å². The largest absolute Gasteiger partial charge is 0.416 e. The van der Waals surface area contributed by atoms with E-state index in [1.54, 1.807) is 48.5 Å². The lowest BCUT2D eigenvalue weighted by Gasteiger charge is -2.24. The molecule has 0 saturated heterocycles. The van der Waals surface area contributed by atoms with Crippen LogP contribution in [-0.4, -0.2) is 10.9 Å². The molecule has 0 radical (unpaired) electrons. The molecule has 0 spiro atoms. The summed E-state index contributed by atoms with van der Waals surface area (Å²) < 4.78 is 40.7. The zero-order valence-corrected chi connectivity index (χ0v) is 18.1. The van der Waals surface area contributed by atoms with Gasteiger partial charge in [0.05, 0.1) is 12.1 Å². The van der Waals surface area contributed by atoms with E-state index in [9.17, 15) is 22.8 Å². The van der Waals surface area contributed by atoms with Crippen molar-refractivity contribution in [3.05, 3.63) is 110 Å². The van der Waals surface area contributed by atoms with Crippen molar-refractivity contribution in [3.63, 3.8) is 0 Å². The number of alkyl halides is 3. The minimum Gasteiger partial charge on any atom is -0.321 e. The number of nitrogens with one attached hydrogen (secondary N) is 1. The molecule has 1 aromatic heterocycles. The number of halogens is 4. The molecule has 0 fully saturated rings. The highest BCUT2D eigenvalue weighted by atomic mass is 79.9. The number of aromatic nitrogens is 1. The van der Waals surface area contributed by atoms with Crippen molar-refractivity contribution in [1.82, 2.24) is 4.98 Å². The molecule has 0 unspecified atom stereocenters. The zero-order chi connectivity index (χ0) is 22.9. The number of nitrogens with zero attached hydrogens (tertiary/aromatic N) is 1. The van der Waals surface area contributed by atoms with Crippen LogP contribution >= 0.6 is 15.9 Å². The average molecular weight is 501 g/mol. The van der Waals surface area contributed by atoms with Crippen LogP contribution in [0.15, 0.2) is 88.1 Å². The first-order valence-electron chi connectivity index (χ1n) is 9.58. The molecule has 8 heteroatoms. The number of aromatic amines is 1. The number of carbonyl (C=O) groups excluding carboxylic acids is 1. The Labute approximate surface area is 189 Å². The monoisotopic (exact) mass is 500 g/mol. The lowest BCUT2D eigenvalue weighted by Crippen LogP contribution is -2.34. The quantitative estimate of drug-likeness (QED) is 0.365. The van der Waals surface area contributed by atoms with Crippen molar-refractivity contribution in [2.24, 2.45) is 0 Å². The molecule has 4 rings (SSSR count). The number of hydrogen-bond acceptors (Lipinski definition) is 2. The number of para-hydroxylation sites is 1. The highest BCUT2D eigenvalue weighted by molar-refractivity contribution is 9.10. The second kappa shape index (κ2) is 8.63. The Bertz CT molecular complexity index is 1350. The van der Waals surface area contributed by atoms with Crippen LogP contribution in [-0.2, 0) is 12.7 Å². The maximum atomic E-state index is 13.5. The van der Waals surface area contributed by atoms with Gasteiger partial charge in [-0.1, -0.05) is 52.3 Å². The van der Waals surface area contributed by atoms with Gasteiger partial charge in [0.1, 0.15) is 5.56 Å². The van der Waals surface area contributed by atoms with Gasteiger partial charge in [0.2, 0.25) is 0 Å². The molecule has 0 saturated carbocycles. The summed E-state index contributed by atoms with van der Waals surface area (Å²) in [6.07, 6.45) is -4.57. The smallest absolute Gasteiger partial charge is 0.321 e. The van der Waals surface area contributed by atoms with Crippen molar-refractivity contribution >= 4 is 38.4 Å². The van der Waals surface area contributed by atoms with Crippen molar-refractivity contribution in [2.75, 3.05) is 4.90 Å². The number of fused-ring (bicyclic) bond motifs is 1. The Balaban J connectivity index is 1.82. The van der Waals surface area contributed by atoms with Gasteiger partial charge in [0.25, 0.3) is 11.5 Å². The molecule has 1 amide bonds. The molecule has 32 heavy (non-hydrogen) atoms. The first-order valence-corrected chi connectivity index (χ1v) is 10.4. The lowest BCUT2D eigenvalue weighted by molar-refractivity contribution is -0.137. The van der Waals surface area contributed by atoms with Crippen LogP contribution < -0.4 is 10.5 Å². The molecule has 0 bridgehead atoms. The lowest BCUT2D eigenvalue weighted by atomic mass is 10.1. The topological polar surface area (TPSA) is 53.2 Å². The van der Waals surface area contributed by atoms with Crippen molar-refractivity contribution in [1.29, 1.82) is 0 Å². The molecule has 1 heterocycles. The number of anilines is 1. The Hall–Kier alpha value is -3.39. The van der Waals surface area contributed by atoms with Gasteiger partial charge < -0.3 is 9.88 Å². The molecular formula is C24H16BrF3N2O2. The summed E-state index contributed by atoms with van der Waals surface area (Å²) >= 11 is 3.34. The minimum absolute atomic E-state index is 0.0142.